The summed E-state index contributed by atoms with van der Waals surface area (Å²) < 4.78 is 15.1. The van der Waals surface area contributed by atoms with E-state index in [0.29, 0.717) is 31.0 Å². The molecule has 1 N–H and O–H groups in total. The molecule has 0 aromatic heterocycles. The lowest BCUT2D eigenvalue weighted by molar-refractivity contribution is -0.142. The zero-order chi connectivity index (χ0) is 20.2. The second-order valence-electron chi connectivity index (χ2n) is 5.88. The highest BCUT2D eigenvalue weighted by Crippen LogP contribution is 2.28. The summed E-state index contributed by atoms with van der Waals surface area (Å²) in [6, 6.07) is 5.51. The number of methoxy groups -OCH3 is 3. The number of aryl methyl sites for hydroxylation is 1. The highest BCUT2D eigenvalue weighted by Gasteiger charge is 2.16. The van der Waals surface area contributed by atoms with Crippen LogP contribution in [0.3, 0.4) is 0 Å². The van der Waals surface area contributed by atoms with Crippen LogP contribution in [0, 0.1) is 0 Å². The van der Waals surface area contributed by atoms with Crippen LogP contribution < -0.4 is 14.8 Å². The summed E-state index contributed by atoms with van der Waals surface area (Å²) in [5.41, 5.74) is 0.941. The molecule has 8 nitrogen and oxygen atoms in total. The fraction of sp³-hybridized carbons (Fsp3) is 0.526. The number of esters is 1. The van der Waals surface area contributed by atoms with Crippen LogP contribution in [0.25, 0.3) is 0 Å². The number of rotatable bonds is 11. The maximum atomic E-state index is 12.6. The van der Waals surface area contributed by atoms with Crippen LogP contribution in [-0.4, -0.2) is 63.6 Å². The molecule has 0 fully saturated rings. The third kappa shape index (κ3) is 7.98. The number of hydrogen-bond acceptors (Lipinski definition) is 6. The first kappa shape index (κ1) is 22.3. The molecular formula is C19H28N2O6. The molecule has 1 aromatic carbocycles. The Morgan fingerprint density at radius 1 is 1.00 bits per heavy atom. The summed E-state index contributed by atoms with van der Waals surface area (Å²) in [7, 11) is 4.43. The average molecular weight is 380 g/mol. The van der Waals surface area contributed by atoms with Crippen molar-refractivity contribution < 1.29 is 28.6 Å². The fourth-order valence-electron chi connectivity index (χ4n) is 2.50. The second-order valence-corrected chi connectivity index (χ2v) is 5.88. The molecule has 0 heterocycles. The summed E-state index contributed by atoms with van der Waals surface area (Å²) in [6.45, 7) is 2.33. The number of carbonyl (C=O) groups is 3. The topological polar surface area (TPSA) is 94.2 Å². The van der Waals surface area contributed by atoms with Gasteiger partial charge in [0.05, 0.1) is 27.8 Å². The highest BCUT2D eigenvalue weighted by molar-refractivity contribution is 5.78. The summed E-state index contributed by atoms with van der Waals surface area (Å²) in [6.07, 6.45) is 0.906. The molecule has 0 saturated carbocycles. The van der Waals surface area contributed by atoms with Crippen molar-refractivity contribution in [2.75, 3.05) is 41.0 Å². The van der Waals surface area contributed by atoms with Crippen molar-refractivity contribution in [2.45, 2.75) is 26.2 Å². The zero-order valence-electron chi connectivity index (χ0n) is 16.4. The van der Waals surface area contributed by atoms with Gasteiger partial charge in [0, 0.05) is 33.0 Å². The van der Waals surface area contributed by atoms with Gasteiger partial charge in [0.1, 0.15) is 0 Å². The minimum Gasteiger partial charge on any atom is -0.493 e. The maximum absolute atomic E-state index is 12.6. The third-order valence-corrected chi connectivity index (χ3v) is 4.00. The van der Waals surface area contributed by atoms with Crippen LogP contribution in [0.4, 0.5) is 0 Å². The van der Waals surface area contributed by atoms with E-state index in [-0.39, 0.29) is 37.2 Å². The average Bonchev–Trinajstić information content (AvgIpc) is 2.67. The lowest BCUT2D eigenvalue weighted by Crippen LogP contribution is -2.39. The molecule has 2 amide bonds. The van der Waals surface area contributed by atoms with Gasteiger partial charge in [-0.15, -0.1) is 0 Å². The molecule has 0 unspecified atom stereocenters. The van der Waals surface area contributed by atoms with Gasteiger partial charge in [-0.2, -0.15) is 0 Å². The Morgan fingerprint density at radius 2 is 1.70 bits per heavy atom. The van der Waals surface area contributed by atoms with Crippen molar-refractivity contribution in [3.05, 3.63) is 23.8 Å². The molecule has 0 bridgehead atoms. The lowest BCUT2D eigenvalue weighted by atomic mass is 10.1. The molecule has 0 radical (unpaired) electrons. The van der Waals surface area contributed by atoms with E-state index in [9.17, 15) is 14.4 Å². The van der Waals surface area contributed by atoms with Gasteiger partial charge in [-0.05, 0) is 24.1 Å². The Morgan fingerprint density at radius 3 is 2.30 bits per heavy atom. The molecule has 0 saturated heterocycles. The molecular weight excluding hydrogens is 352 g/mol. The van der Waals surface area contributed by atoms with Crippen molar-refractivity contribution in [3.63, 3.8) is 0 Å². The number of carbonyl (C=O) groups excluding carboxylic acids is 3. The Kier molecular flexibility index (Phi) is 9.71. The molecule has 27 heavy (non-hydrogen) atoms. The van der Waals surface area contributed by atoms with Crippen molar-refractivity contribution >= 4 is 17.8 Å². The standard InChI is InChI=1S/C19H28N2O6/c1-14(22)20-10-12-21(11-9-19(24)27-4)18(23)8-6-15-5-7-16(25-2)17(13-15)26-3/h5,7,13H,6,8-12H2,1-4H3,(H,20,22). The Bertz CT molecular complexity index is 647. The van der Waals surface area contributed by atoms with E-state index in [0.717, 1.165) is 5.56 Å². The van der Waals surface area contributed by atoms with Gasteiger partial charge in [-0.1, -0.05) is 6.07 Å². The molecule has 1 aromatic rings. The molecule has 150 valence electrons. The van der Waals surface area contributed by atoms with Gasteiger partial charge < -0.3 is 24.4 Å². The summed E-state index contributed by atoms with van der Waals surface area (Å²) >= 11 is 0. The molecule has 8 heteroatoms. The minimum absolute atomic E-state index is 0.0981. The monoisotopic (exact) mass is 380 g/mol. The van der Waals surface area contributed by atoms with Crippen molar-refractivity contribution in [2.24, 2.45) is 0 Å². The SMILES string of the molecule is COC(=O)CCN(CCNC(C)=O)C(=O)CCc1ccc(OC)c(OC)c1. The van der Waals surface area contributed by atoms with Gasteiger partial charge in [0.2, 0.25) is 11.8 Å². The smallest absolute Gasteiger partial charge is 0.307 e. The molecule has 0 atom stereocenters. The van der Waals surface area contributed by atoms with Crippen molar-refractivity contribution in [1.29, 1.82) is 0 Å². The Labute approximate surface area is 159 Å². The van der Waals surface area contributed by atoms with Crippen LogP contribution in [0.1, 0.15) is 25.3 Å². The zero-order valence-corrected chi connectivity index (χ0v) is 16.4. The highest BCUT2D eigenvalue weighted by atomic mass is 16.5. The first-order valence-electron chi connectivity index (χ1n) is 8.71. The number of benzene rings is 1. The van der Waals surface area contributed by atoms with Gasteiger partial charge >= 0.3 is 5.97 Å². The van der Waals surface area contributed by atoms with Crippen molar-refractivity contribution in [3.8, 4) is 11.5 Å². The minimum atomic E-state index is -0.382. The summed E-state index contributed by atoms with van der Waals surface area (Å²) in [5.74, 6) is 0.588. The fourth-order valence-corrected chi connectivity index (χ4v) is 2.50. The van der Waals surface area contributed by atoms with E-state index < -0.39 is 0 Å². The first-order chi connectivity index (χ1) is 12.9. The summed E-state index contributed by atoms with van der Waals surface area (Å²) in [5, 5.41) is 2.65. The van der Waals surface area contributed by atoms with Gasteiger partial charge in [0.15, 0.2) is 11.5 Å². The van der Waals surface area contributed by atoms with E-state index in [1.165, 1.54) is 14.0 Å². The predicted molar refractivity (Wildman–Crippen MR) is 99.8 cm³/mol. The number of nitrogens with one attached hydrogen (secondary N) is 1. The normalized spacial score (nSPS) is 10.1. The number of ether oxygens (including phenoxy) is 3. The second kappa shape index (κ2) is 11.8. The molecule has 0 aliphatic carbocycles. The predicted octanol–water partition coefficient (Wildman–Crippen LogP) is 1.16. The maximum Gasteiger partial charge on any atom is 0.307 e. The first-order valence-corrected chi connectivity index (χ1v) is 8.71. The van der Waals surface area contributed by atoms with E-state index >= 15 is 0 Å². The van der Waals surface area contributed by atoms with Crippen LogP contribution >= 0.6 is 0 Å². The number of amides is 2. The van der Waals surface area contributed by atoms with Crippen LogP contribution in [0.2, 0.25) is 0 Å². The Hall–Kier alpha value is -2.77. The van der Waals surface area contributed by atoms with E-state index in [2.05, 4.69) is 10.1 Å². The summed E-state index contributed by atoms with van der Waals surface area (Å²) in [4.78, 5) is 36.5. The largest absolute Gasteiger partial charge is 0.493 e. The lowest BCUT2D eigenvalue weighted by Gasteiger charge is -2.22. The van der Waals surface area contributed by atoms with Crippen molar-refractivity contribution in [1.82, 2.24) is 10.2 Å². The van der Waals surface area contributed by atoms with Gasteiger partial charge in [-0.25, -0.2) is 0 Å². The number of hydrogen-bond donors (Lipinski definition) is 1. The van der Waals surface area contributed by atoms with Crippen LogP contribution in [0.15, 0.2) is 18.2 Å². The quantitative estimate of drug-likeness (QED) is 0.579. The van der Waals surface area contributed by atoms with Crippen LogP contribution in [-0.2, 0) is 25.5 Å². The van der Waals surface area contributed by atoms with E-state index in [1.54, 1.807) is 25.2 Å². The van der Waals surface area contributed by atoms with E-state index in [4.69, 9.17) is 9.47 Å². The molecule has 0 spiro atoms. The van der Waals surface area contributed by atoms with Gasteiger partial charge in [-0.3, -0.25) is 14.4 Å². The third-order valence-electron chi connectivity index (χ3n) is 4.00. The molecule has 1 rings (SSSR count). The Balaban J connectivity index is 2.67. The molecule has 0 aliphatic heterocycles. The van der Waals surface area contributed by atoms with Crippen LogP contribution in [0.5, 0.6) is 11.5 Å². The number of nitrogens with zero attached hydrogens (tertiary/aromatic N) is 1. The van der Waals surface area contributed by atoms with Gasteiger partial charge in [0.25, 0.3) is 0 Å². The van der Waals surface area contributed by atoms with E-state index in [1.807, 2.05) is 12.1 Å². The molecule has 0 aliphatic rings.